The van der Waals surface area contributed by atoms with Crippen LogP contribution in [-0.4, -0.2) is 42.2 Å². The number of carboxylic acid groups (broad SMARTS) is 1. The molecule has 2 unspecified atom stereocenters. The van der Waals surface area contributed by atoms with Crippen LogP contribution in [0.25, 0.3) is 0 Å². The van der Waals surface area contributed by atoms with E-state index in [-0.39, 0.29) is 18.4 Å². The fraction of sp³-hybridized carbons (Fsp3) is 0.875. The predicted molar refractivity (Wildman–Crippen MR) is 45.8 cm³/mol. The van der Waals surface area contributed by atoms with Crippen molar-refractivity contribution in [2.45, 2.75) is 18.9 Å². The third kappa shape index (κ3) is 2.79. The maximum atomic E-state index is 10.4. The molecule has 0 aromatic heterocycles. The number of hydrogen-bond donors (Lipinski definition) is 2. The Hall–Kier alpha value is -0.610. The number of aliphatic carboxylic acids is 1. The fourth-order valence-corrected chi connectivity index (χ4v) is 1.89. The average molecular weight is 172 g/mol. The van der Waals surface area contributed by atoms with E-state index < -0.39 is 5.97 Å². The highest BCUT2D eigenvalue weighted by Gasteiger charge is 2.24. The van der Waals surface area contributed by atoms with E-state index in [2.05, 4.69) is 4.90 Å². The van der Waals surface area contributed by atoms with Crippen LogP contribution in [0.5, 0.6) is 0 Å². The fourth-order valence-electron chi connectivity index (χ4n) is 1.89. The van der Waals surface area contributed by atoms with Gasteiger partial charge in [-0.2, -0.15) is 0 Å². The van der Waals surface area contributed by atoms with E-state index in [4.69, 9.17) is 10.8 Å². The summed E-state index contributed by atoms with van der Waals surface area (Å²) in [7, 11) is 1.98. The minimum Gasteiger partial charge on any atom is -0.481 e. The lowest BCUT2D eigenvalue weighted by Gasteiger charge is -2.32. The van der Waals surface area contributed by atoms with Gasteiger partial charge >= 0.3 is 5.97 Å². The van der Waals surface area contributed by atoms with E-state index in [0.29, 0.717) is 0 Å². The number of nitrogens with zero attached hydrogens (tertiary/aromatic N) is 1. The number of rotatable bonds is 2. The monoisotopic (exact) mass is 172 g/mol. The Labute approximate surface area is 72.3 Å². The molecule has 1 fully saturated rings. The lowest BCUT2D eigenvalue weighted by atomic mass is 9.92. The minimum atomic E-state index is -0.720. The normalized spacial score (nSPS) is 31.8. The summed E-state index contributed by atoms with van der Waals surface area (Å²) in [5.41, 5.74) is 5.76. The van der Waals surface area contributed by atoms with Crippen molar-refractivity contribution in [1.29, 1.82) is 0 Å². The highest BCUT2D eigenvalue weighted by Crippen LogP contribution is 2.17. The maximum Gasteiger partial charge on any atom is 0.303 e. The molecule has 1 saturated heterocycles. The van der Waals surface area contributed by atoms with Gasteiger partial charge in [0.15, 0.2) is 0 Å². The molecule has 12 heavy (non-hydrogen) atoms. The molecule has 1 aliphatic heterocycles. The number of nitrogens with two attached hydrogens (primary N) is 1. The SMILES string of the molecule is CN1CC(N)CC(CC(=O)O)C1. The van der Waals surface area contributed by atoms with Gasteiger partial charge in [0, 0.05) is 25.6 Å². The topological polar surface area (TPSA) is 66.6 Å². The van der Waals surface area contributed by atoms with Crippen LogP contribution in [-0.2, 0) is 4.79 Å². The van der Waals surface area contributed by atoms with Gasteiger partial charge in [-0.25, -0.2) is 0 Å². The number of carboxylic acids is 1. The molecule has 1 rings (SSSR count). The molecule has 0 saturated carbocycles. The van der Waals surface area contributed by atoms with Crippen LogP contribution in [0, 0.1) is 5.92 Å². The molecule has 4 nitrogen and oxygen atoms in total. The van der Waals surface area contributed by atoms with Crippen LogP contribution in [0.4, 0.5) is 0 Å². The van der Waals surface area contributed by atoms with Gasteiger partial charge in [-0.05, 0) is 19.4 Å². The van der Waals surface area contributed by atoms with Gasteiger partial charge in [0.1, 0.15) is 0 Å². The first-order valence-electron chi connectivity index (χ1n) is 4.24. The second kappa shape index (κ2) is 3.87. The van der Waals surface area contributed by atoms with Crippen molar-refractivity contribution in [3.63, 3.8) is 0 Å². The van der Waals surface area contributed by atoms with Crippen molar-refractivity contribution in [3.8, 4) is 0 Å². The molecule has 0 amide bonds. The number of likely N-dealkylation sites (N-methyl/N-ethyl adjacent to an activating group) is 1. The summed E-state index contributed by atoms with van der Waals surface area (Å²) in [6, 6.07) is 0.146. The maximum absolute atomic E-state index is 10.4. The van der Waals surface area contributed by atoms with Crippen molar-refractivity contribution >= 4 is 5.97 Å². The molecule has 0 aromatic carbocycles. The largest absolute Gasteiger partial charge is 0.481 e. The van der Waals surface area contributed by atoms with Crippen LogP contribution in [0.2, 0.25) is 0 Å². The van der Waals surface area contributed by atoms with Crippen molar-refractivity contribution in [3.05, 3.63) is 0 Å². The van der Waals surface area contributed by atoms with Crippen molar-refractivity contribution in [1.82, 2.24) is 4.90 Å². The van der Waals surface area contributed by atoms with Gasteiger partial charge in [-0.1, -0.05) is 0 Å². The van der Waals surface area contributed by atoms with E-state index in [1.54, 1.807) is 0 Å². The molecule has 0 spiro atoms. The van der Waals surface area contributed by atoms with Crippen LogP contribution >= 0.6 is 0 Å². The van der Waals surface area contributed by atoms with E-state index in [0.717, 1.165) is 19.5 Å². The molecule has 0 radical (unpaired) electrons. The molecule has 1 heterocycles. The van der Waals surface area contributed by atoms with Gasteiger partial charge < -0.3 is 15.7 Å². The molecular formula is C8H16N2O2. The molecule has 0 bridgehead atoms. The molecule has 4 heteroatoms. The third-order valence-electron chi connectivity index (χ3n) is 2.22. The summed E-state index contributed by atoms with van der Waals surface area (Å²) < 4.78 is 0. The molecule has 0 aromatic rings. The standard InChI is InChI=1S/C8H16N2O2/c1-10-4-6(3-8(11)12)2-7(9)5-10/h6-7H,2-5,9H2,1H3,(H,11,12). The summed E-state index contributed by atoms with van der Waals surface area (Å²) in [6.07, 6.45) is 1.09. The quantitative estimate of drug-likeness (QED) is 0.602. The zero-order valence-corrected chi connectivity index (χ0v) is 7.36. The Bertz CT molecular complexity index is 162. The van der Waals surface area contributed by atoms with Crippen molar-refractivity contribution < 1.29 is 9.90 Å². The van der Waals surface area contributed by atoms with Gasteiger partial charge in [0.25, 0.3) is 0 Å². The van der Waals surface area contributed by atoms with Gasteiger partial charge in [-0.3, -0.25) is 4.79 Å². The molecule has 1 aliphatic rings. The molecule has 0 aliphatic carbocycles. The van der Waals surface area contributed by atoms with E-state index in [9.17, 15) is 4.79 Å². The van der Waals surface area contributed by atoms with Crippen LogP contribution < -0.4 is 5.73 Å². The lowest BCUT2D eigenvalue weighted by molar-refractivity contribution is -0.138. The summed E-state index contributed by atoms with van der Waals surface area (Å²) in [6.45, 7) is 1.75. The second-order valence-electron chi connectivity index (χ2n) is 3.68. The second-order valence-corrected chi connectivity index (χ2v) is 3.68. The first-order chi connectivity index (χ1) is 5.58. The Kier molecular flexibility index (Phi) is 3.05. The number of carbonyl (C=O) groups is 1. The summed E-state index contributed by atoms with van der Waals surface area (Å²) in [4.78, 5) is 12.5. The minimum absolute atomic E-state index is 0.146. The number of likely N-dealkylation sites (tertiary alicyclic amines) is 1. The van der Waals surface area contributed by atoms with E-state index in [1.807, 2.05) is 7.05 Å². The van der Waals surface area contributed by atoms with E-state index >= 15 is 0 Å². The lowest BCUT2D eigenvalue weighted by Crippen LogP contribution is -2.45. The highest BCUT2D eigenvalue weighted by molar-refractivity contribution is 5.67. The molecular weight excluding hydrogens is 156 g/mol. The summed E-state index contributed by atoms with van der Waals surface area (Å²) in [5, 5.41) is 8.58. The van der Waals surface area contributed by atoms with Crippen LogP contribution in [0.1, 0.15) is 12.8 Å². The predicted octanol–water partition coefficient (Wildman–Crippen LogP) is -0.260. The first-order valence-corrected chi connectivity index (χ1v) is 4.24. The van der Waals surface area contributed by atoms with Crippen molar-refractivity contribution in [2.24, 2.45) is 11.7 Å². The van der Waals surface area contributed by atoms with Gasteiger partial charge in [0.2, 0.25) is 0 Å². The van der Waals surface area contributed by atoms with Crippen LogP contribution in [0.15, 0.2) is 0 Å². The number of piperidine rings is 1. The zero-order valence-electron chi connectivity index (χ0n) is 7.36. The molecule has 3 N–H and O–H groups in total. The Balaban J connectivity index is 2.38. The Morgan fingerprint density at radius 3 is 2.83 bits per heavy atom. The smallest absolute Gasteiger partial charge is 0.303 e. The molecule has 2 atom stereocenters. The van der Waals surface area contributed by atoms with Crippen LogP contribution in [0.3, 0.4) is 0 Å². The Morgan fingerprint density at radius 2 is 2.33 bits per heavy atom. The zero-order chi connectivity index (χ0) is 9.14. The number of hydrogen-bond acceptors (Lipinski definition) is 3. The summed E-state index contributed by atoms with van der Waals surface area (Å²) in [5.74, 6) is -0.487. The van der Waals surface area contributed by atoms with E-state index in [1.165, 1.54) is 0 Å². The average Bonchev–Trinajstić information content (AvgIpc) is 1.81. The first kappa shape index (κ1) is 9.48. The highest BCUT2D eigenvalue weighted by atomic mass is 16.4. The van der Waals surface area contributed by atoms with Gasteiger partial charge in [0.05, 0.1) is 0 Å². The van der Waals surface area contributed by atoms with Gasteiger partial charge in [-0.15, -0.1) is 0 Å². The Morgan fingerprint density at radius 1 is 1.67 bits per heavy atom. The molecule has 70 valence electrons. The third-order valence-corrected chi connectivity index (χ3v) is 2.22. The summed E-state index contributed by atoms with van der Waals surface area (Å²) >= 11 is 0. The van der Waals surface area contributed by atoms with Crippen molar-refractivity contribution in [2.75, 3.05) is 20.1 Å².